The summed E-state index contributed by atoms with van der Waals surface area (Å²) in [5.74, 6) is -1.03. The van der Waals surface area contributed by atoms with E-state index in [9.17, 15) is 9.90 Å². The SMILES string of the molecule is C[C@H](O)[C@H](N)c1ccc(C(=O)O)cn1. The van der Waals surface area contributed by atoms with Gasteiger partial charge < -0.3 is 15.9 Å². The lowest BCUT2D eigenvalue weighted by Crippen LogP contribution is -2.24. The number of nitrogens with zero attached hydrogens (tertiary/aromatic N) is 1. The summed E-state index contributed by atoms with van der Waals surface area (Å²) in [5, 5.41) is 17.8. The van der Waals surface area contributed by atoms with E-state index >= 15 is 0 Å². The van der Waals surface area contributed by atoms with Crippen LogP contribution in [0.2, 0.25) is 0 Å². The van der Waals surface area contributed by atoms with Crippen LogP contribution in [0.25, 0.3) is 0 Å². The topological polar surface area (TPSA) is 96.4 Å². The molecule has 0 radical (unpaired) electrons. The van der Waals surface area contributed by atoms with E-state index in [0.717, 1.165) is 0 Å². The van der Waals surface area contributed by atoms with Crippen LogP contribution in [0.4, 0.5) is 0 Å². The molecule has 0 aliphatic rings. The zero-order valence-electron chi connectivity index (χ0n) is 7.71. The number of hydrogen-bond donors (Lipinski definition) is 3. The molecule has 0 aliphatic heterocycles. The van der Waals surface area contributed by atoms with Crippen LogP contribution in [-0.4, -0.2) is 27.3 Å². The Morgan fingerprint density at radius 1 is 1.57 bits per heavy atom. The first-order valence-electron chi connectivity index (χ1n) is 4.15. The van der Waals surface area contributed by atoms with Crippen molar-refractivity contribution >= 4 is 5.97 Å². The van der Waals surface area contributed by atoms with E-state index in [1.54, 1.807) is 6.92 Å². The van der Waals surface area contributed by atoms with Gasteiger partial charge in [0.1, 0.15) is 0 Å². The molecule has 0 aromatic carbocycles. The second-order valence-corrected chi connectivity index (χ2v) is 3.04. The minimum atomic E-state index is -1.03. The molecule has 0 unspecified atom stereocenters. The van der Waals surface area contributed by atoms with Gasteiger partial charge in [-0.15, -0.1) is 0 Å². The zero-order valence-corrected chi connectivity index (χ0v) is 7.71. The molecule has 1 rings (SSSR count). The molecule has 76 valence electrons. The van der Waals surface area contributed by atoms with Crippen LogP contribution >= 0.6 is 0 Å². The molecule has 4 N–H and O–H groups in total. The Bertz CT molecular complexity index is 321. The smallest absolute Gasteiger partial charge is 0.337 e. The number of rotatable bonds is 3. The molecule has 0 amide bonds. The number of aromatic nitrogens is 1. The van der Waals surface area contributed by atoms with Gasteiger partial charge in [-0.3, -0.25) is 4.98 Å². The molecule has 2 atom stereocenters. The minimum absolute atomic E-state index is 0.103. The summed E-state index contributed by atoms with van der Waals surface area (Å²) in [5.41, 5.74) is 6.18. The molecular formula is C9H12N2O3. The van der Waals surface area contributed by atoms with Crippen molar-refractivity contribution in [1.29, 1.82) is 0 Å². The first-order valence-corrected chi connectivity index (χ1v) is 4.15. The van der Waals surface area contributed by atoms with Crippen molar-refractivity contribution in [3.63, 3.8) is 0 Å². The third kappa shape index (κ3) is 2.27. The standard InChI is InChI=1S/C9H12N2O3/c1-5(12)8(10)7-3-2-6(4-11-7)9(13)14/h2-5,8,12H,10H2,1H3,(H,13,14)/t5-,8-/m0/s1. The second-order valence-electron chi connectivity index (χ2n) is 3.04. The molecule has 14 heavy (non-hydrogen) atoms. The van der Waals surface area contributed by atoms with Gasteiger partial charge in [-0.25, -0.2) is 4.79 Å². The predicted molar refractivity (Wildman–Crippen MR) is 49.8 cm³/mol. The molecule has 0 spiro atoms. The first kappa shape index (κ1) is 10.6. The van der Waals surface area contributed by atoms with Crippen LogP contribution in [0.5, 0.6) is 0 Å². The number of pyridine rings is 1. The maximum absolute atomic E-state index is 10.5. The van der Waals surface area contributed by atoms with Crippen molar-refractivity contribution in [3.05, 3.63) is 29.6 Å². The maximum atomic E-state index is 10.5. The summed E-state index contributed by atoms with van der Waals surface area (Å²) < 4.78 is 0. The molecule has 0 fully saturated rings. The third-order valence-electron chi connectivity index (χ3n) is 1.89. The van der Waals surface area contributed by atoms with E-state index in [-0.39, 0.29) is 5.56 Å². The van der Waals surface area contributed by atoms with E-state index < -0.39 is 18.1 Å². The Morgan fingerprint density at radius 3 is 2.57 bits per heavy atom. The maximum Gasteiger partial charge on any atom is 0.337 e. The van der Waals surface area contributed by atoms with Gasteiger partial charge >= 0.3 is 5.97 Å². The summed E-state index contributed by atoms with van der Waals surface area (Å²) in [6.45, 7) is 1.55. The van der Waals surface area contributed by atoms with Gasteiger partial charge in [-0.05, 0) is 19.1 Å². The normalized spacial score (nSPS) is 14.8. The number of nitrogens with two attached hydrogens (primary N) is 1. The number of carbonyl (C=O) groups is 1. The highest BCUT2D eigenvalue weighted by molar-refractivity contribution is 5.87. The van der Waals surface area contributed by atoms with E-state index in [2.05, 4.69) is 4.98 Å². The van der Waals surface area contributed by atoms with E-state index in [0.29, 0.717) is 5.69 Å². The molecule has 0 saturated heterocycles. The van der Waals surface area contributed by atoms with Gasteiger partial charge in [0.2, 0.25) is 0 Å². The fraction of sp³-hybridized carbons (Fsp3) is 0.333. The Labute approximate surface area is 81.2 Å². The van der Waals surface area contributed by atoms with Gasteiger partial charge in [0.15, 0.2) is 0 Å². The average Bonchev–Trinajstić information content (AvgIpc) is 2.16. The van der Waals surface area contributed by atoms with Gasteiger partial charge in [0.05, 0.1) is 23.4 Å². The van der Waals surface area contributed by atoms with Gasteiger partial charge in [0, 0.05) is 6.20 Å². The van der Waals surface area contributed by atoms with Crippen LogP contribution < -0.4 is 5.73 Å². The van der Waals surface area contributed by atoms with Crippen LogP contribution in [0.15, 0.2) is 18.3 Å². The largest absolute Gasteiger partial charge is 0.478 e. The molecule has 0 aliphatic carbocycles. The molecule has 5 nitrogen and oxygen atoms in total. The van der Waals surface area contributed by atoms with Crippen molar-refractivity contribution in [2.45, 2.75) is 19.1 Å². The summed E-state index contributed by atoms with van der Waals surface area (Å²) in [6.07, 6.45) is 0.512. The van der Waals surface area contributed by atoms with Crippen molar-refractivity contribution in [1.82, 2.24) is 4.98 Å². The molecule has 0 saturated carbocycles. The quantitative estimate of drug-likeness (QED) is 0.639. The first-order chi connectivity index (χ1) is 6.52. The Balaban J connectivity index is 2.88. The molecule has 1 heterocycles. The average molecular weight is 196 g/mol. The second kappa shape index (κ2) is 4.17. The van der Waals surface area contributed by atoms with Crippen molar-refractivity contribution in [2.24, 2.45) is 5.73 Å². The molecular weight excluding hydrogens is 184 g/mol. The van der Waals surface area contributed by atoms with Crippen molar-refractivity contribution < 1.29 is 15.0 Å². The Hall–Kier alpha value is -1.46. The lowest BCUT2D eigenvalue weighted by atomic mass is 10.1. The van der Waals surface area contributed by atoms with Crippen molar-refractivity contribution in [3.8, 4) is 0 Å². The van der Waals surface area contributed by atoms with Gasteiger partial charge in [-0.2, -0.15) is 0 Å². The highest BCUT2D eigenvalue weighted by Gasteiger charge is 2.13. The molecule has 0 bridgehead atoms. The number of aliphatic hydroxyl groups excluding tert-OH is 1. The van der Waals surface area contributed by atoms with E-state index in [4.69, 9.17) is 10.8 Å². The third-order valence-corrected chi connectivity index (χ3v) is 1.89. The lowest BCUT2D eigenvalue weighted by Gasteiger charge is -2.13. The number of hydrogen-bond acceptors (Lipinski definition) is 4. The Morgan fingerprint density at radius 2 is 2.21 bits per heavy atom. The predicted octanol–water partition coefficient (Wildman–Crippen LogP) is 0.160. The fourth-order valence-corrected chi connectivity index (χ4v) is 0.976. The van der Waals surface area contributed by atoms with Crippen molar-refractivity contribution in [2.75, 3.05) is 0 Å². The zero-order chi connectivity index (χ0) is 10.7. The number of aliphatic hydroxyl groups is 1. The van der Waals surface area contributed by atoms with Gasteiger partial charge in [0.25, 0.3) is 0 Å². The summed E-state index contributed by atoms with van der Waals surface area (Å²) >= 11 is 0. The van der Waals surface area contributed by atoms with Crippen LogP contribution in [0, 0.1) is 0 Å². The molecule has 1 aromatic heterocycles. The lowest BCUT2D eigenvalue weighted by molar-refractivity contribution is 0.0696. The molecule has 5 heteroatoms. The highest BCUT2D eigenvalue weighted by atomic mass is 16.4. The van der Waals surface area contributed by atoms with Crippen LogP contribution in [-0.2, 0) is 0 Å². The van der Waals surface area contributed by atoms with E-state index in [1.165, 1.54) is 18.3 Å². The number of carboxylic acid groups (broad SMARTS) is 1. The highest BCUT2D eigenvalue weighted by Crippen LogP contribution is 2.11. The van der Waals surface area contributed by atoms with Gasteiger partial charge in [-0.1, -0.05) is 0 Å². The fourth-order valence-electron chi connectivity index (χ4n) is 0.976. The van der Waals surface area contributed by atoms with E-state index in [1.807, 2.05) is 0 Å². The van der Waals surface area contributed by atoms with Crippen LogP contribution in [0.3, 0.4) is 0 Å². The minimum Gasteiger partial charge on any atom is -0.478 e. The molecule has 1 aromatic rings. The number of carboxylic acids is 1. The summed E-state index contributed by atoms with van der Waals surface area (Å²) in [6, 6.07) is 2.33. The number of aromatic carboxylic acids is 1. The summed E-state index contributed by atoms with van der Waals surface area (Å²) in [4.78, 5) is 14.4. The summed E-state index contributed by atoms with van der Waals surface area (Å²) in [7, 11) is 0. The monoisotopic (exact) mass is 196 g/mol. The van der Waals surface area contributed by atoms with Crippen LogP contribution in [0.1, 0.15) is 29.0 Å². The Kier molecular flexibility index (Phi) is 3.16.